The van der Waals surface area contributed by atoms with Gasteiger partial charge in [-0.05, 0) is 38.5 Å². The minimum absolute atomic E-state index is 0.280. The molecule has 4 heteroatoms. The van der Waals surface area contributed by atoms with Crippen molar-refractivity contribution < 1.29 is 0 Å². The molecular formula is C14H20N4. The van der Waals surface area contributed by atoms with E-state index in [4.69, 9.17) is 0 Å². The van der Waals surface area contributed by atoms with E-state index in [0.29, 0.717) is 6.04 Å². The number of rotatable bonds is 4. The van der Waals surface area contributed by atoms with Gasteiger partial charge >= 0.3 is 0 Å². The van der Waals surface area contributed by atoms with Crippen molar-refractivity contribution >= 4 is 0 Å². The van der Waals surface area contributed by atoms with Crippen LogP contribution in [-0.2, 0) is 7.05 Å². The largest absolute Gasteiger partial charge is 0.304 e. The predicted octanol–water partition coefficient (Wildman–Crippen LogP) is 2.54. The third-order valence-corrected chi connectivity index (χ3v) is 3.22. The molecule has 0 saturated carbocycles. The first kappa shape index (κ1) is 12.8. The fourth-order valence-corrected chi connectivity index (χ4v) is 2.26. The summed E-state index contributed by atoms with van der Waals surface area (Å²) in [5, 5.41) is 7.96. The van der Waals surface area contributed by atoms with Gasteiger partial charge in [0.2, 0.25) is 0 Å². The van der Waals surface area contributed by atoms with Crippen LogP contribution < -0.4 is 5.32 Å². The molecule has 2 aromatic heterocycles. The molecule has 0 aliphatic carbocycles. The van der Waals surface area contributed by atoms with Crippen molar-refractivity contribution in [3.05, 3.63) is 47.5 Å². The van der Waals surface area contributed by atoms with E-state index in [-0.39, 0.29) is 6.04 Å². The van der Waals surface area contributed by atoms with Gasteiger partial charge in [-0.25, -0.2) is 0 Å². The Hall–Kier alpha value is -1.68. The second-order valence-corrected chi connectivity index (χ2v) is 4.73. The van der Waals surface area contributed by atoms with Crippen LogP contribution in [0.2, 0.25) is 0 Å². The summed E-state index contributed by atoms with van der Waals surface area (Å²) in [6, 6.07) is 4.66. The minimum atomic E-state index is 0.280. The number of nitrogens with zero attached hydrogens (tertiary/aromatic N) is 3. The van der Waals surface area contributed by atoms with Crippen LogP contribution in [0.4, 0.5) is 0 Å². The summed E-state index contributed by atoms with van der Waals surface area (Å²) in [4.78, 5) is 4.04. The molecule has 2 aromatic rings. The van der Waals surface area contributed by atoms with Crippen LogP contribution >= 0.6 is 0 Å². The first-order chi connectivity index (χ1) is 8.58. The molecule has 2 atom stereocenters. The second-order valence-electron chi connectivity index (χ2n) is 4.73. The number of hydrogen-bond acceptors (Lipinski definition) is 3. The van der Waals surface area contributed by atoms with E-state index in [1.807, 2.05) is 43.2 Å². The van der Waals surface area contributed by atoms with Gasteiger partial charge in [0.15, 0.2) is 0 Å². The molecule has 1 unspecified atom stereocenters. The van der Waals surface area contributed by atoms with Crippen LogP contribution in [0.3, 0.4) is 0 Å². The highest BCUT2D eigenvalue weighted by molar-refractivity contribution is 5.21. The number of nitrogens with one attached hydrogen (secondary N) is 1. The van der Waals surface area contributed by atoms with Crippen molar-refractivity contribution in [1.29, 1.82) is 0 Å². The van der Waals surface area contributed by atoms with Gasteiger partial charge in [0.1, 0.15) is 0 Å². The Labute approximate surface area is 108 Å². The van der Waals surface area contributed by atoms with Crippen molar-refractivity contribution in [2.24, 2.45) is 7.05 Å². The van der Waals surface area contributed by atoms with E-state index in [2.05, 4.69) is 35.4 Å². The molecule has 0 aliphatic rings. The number of hydrogen-bond donors (Lipinski definition) is 1. The zero-order chi connectivity index (χ0) is 13.1. The lowest BCUT2D eigenvalue weighted by Gasteiger charge is -2.20. The summed E-state index contributed by atoms with van der Waals surface area (Å²) >= 11 is 0. The first-order valence-electron chi connectivity index (χ1n) is 6.24. The molecule has 0 saturated heterocycles. The van der Waals surface area contributed by atoms with E-state index in [1.165, 1.54) is 11.1 Å². The minimum Gasteiger partial charge on any atom is -0.304 e. The molecule has 0 spiro atoms. The molecule has 1 N–H and O–H groups in total. The summed E-state index contributed by atoms with van der Waals surface area (Å²) in [7, 11) is 1.95. The molecule has 0 amide bonds. The van der Waals surface area contributed by atoms with E-state index < -0.39 is 0 Å². The topological polar surface area (TPSA) is 42.7 Å². The first-order valence-corrected chi connectivity index (χ1v) is 6.24. The third-order valence-electron chi connectivity index (χ3n) is 3.22. The highest BCUT2D eigenvalue weighted by atomic mass is 15.3. The van der Waals surface area contributed by atoms with Crippen LogP contribution in [-0.4, -0.2) is 14.8 Å². The van der Waals surface area contributed by atoms with Crippen molar-refractivity contribution in [3.8, 4) is 0 Å². The molecule has 18 heavy (non-hydrogen) atoms. The monoisotopic (exact) mass is 244 g/mol. The third kappa shape index (κ3) is 2.76. The van der Waals surface area contributed by atoms with E-state index in [0.717, 1.165) is 5.69 Å². The van der Waals surface area contributed by atoms with Crippen molar-refractivity contribution in [1.82, 2.24) is 20.1 Å². The van der Waals surface area contributed by atoms with E-state index in [9.17, 15) is 0 Å². The van der Waals surface area contributed by atoms with E-state index in [1.54, 1.807) is 0 Å². The van der Waals surface area contributed by atoms with Crippen LogP contribution in [0, 0.1) is 6.92 Å². The van der Waals surface area contributed by atoms with Crippen LogP contribution in [0.1, 0.15) is 42.8 Å². The van der Waals surface area contributed by atoms with Crippen LogP contribution in [0.15, 0.2) is 30.7 Å². The molecule has 0 aliphatic heterocycles. The number of aryl methyl sites for hydroxylation is 2. The van der Waals surface area contributed by atoms with Crippen molar-refractivity contribution in [2.45, 2.75) is 32.9 Å². The quantitative estimate of drug-likeness (QED) is 0.898. The normalized spacial score (nSPS) is 14.4. The Morgan fingerprint density at radius 2 is 1.83 bits per heavy atom. The molecular weight excluding hydrogens is 224 g/mol. The maximum Gasteiger partial charge on any atom is 0.0641 e. The summed E-state index contributed by atoms with van der Waals surface area (Å²) in [5.41, 5.74) is 3.58. The van der Waals surface area contributed by atoms with Gasteiger partial charge in [0.05, 0.1) is 5.69 Å². The zero-order valence-corrected chi connectivity index (χ0v) is 11.4. The fourth-order valence-electron chi connectivity index (χ4n) is 2.26. The summed E-state index contributed by atoms with van der Waals surface area (Å²) in [5.74, 6) is 0. The Morgan fingerprint density at radius 3 is 2.39 bits per heavy atom. The van der Waals surface area contributed by atoms with Gasteiger partial charge in [-0.3, -0.25) is 9.67 Å². The average Bonchev–Trinajstić information content (AvgIpc) is 2.69. The van der Waals surface area contributed by atoms with Gasteiger partial charge in [-0.15, -0.1) is 0 Å². The van der Waals surface area contributed by atoms with Crippen molar-refractivity contribution in [2.75, 3.05) is 0 Å². The Morgan fingerprint density at radius 1 is 1.17 bits per heavy atom. The standard InChI is InChI=1S/C14H20N4/c1-10(13-5-7-15-8-6-13)16-11(2)14-9-18(4)17-12(14)3/h5-11,16H,1-4H3/t10-,11?/m1/s1. The van der Waals surface area contributed by atoms with Crippen LogP contribution in [0.5, 0.6) is 0 Å². The maximum absolute atomic E-state index is 4.38. The zero-order valence-electron chi connectivity index (χ0n) is 11.4. The fraction of sp³-hybridized carbons (Fsp3) is 0.429. The van der Waals surface area contributed by atoms with E-state index >= 15 is 0 Å². The molecule has 0 fully saturated rings. The summed E-state index contributed by atoms with van der Waals surface area (Å²) < 4.78 is 1.86. The molecule has 0 aromatic carbocycles. The average molecular weight is 244 g/mol. The smallest absolute Gasteiger partial charge is 0.0641 e. The van der Waals surface area contributed by atoms with Gasteiger partial charge in [-0.2, -0.15) is 5.10 Å². The highest BCUT2D eigenvalue weighted by Gasteiger charge is 2.14. The van der Waals surface area contributed by atoms with Crippen LogP contribution in [0.25, 0.3) is 0 Å². The molecule has 0 radical (unpaired) electrons. The van der Waals surface area contributed by atoms with Gasteiger partial charge < -0.3 is 5.32 Å². The number of pyridine rings is 1. The van der Waals surface area contributed by atoms with Gasteiger partial charge in [0.25, 0.3) is 0 Å². The van der Waals surface area contributed by atoms with Gasteiger partial charge in [0, 0.05) is 43.3 Å². The Balaban J connectivity index is 2.08. The molecule has 2 rings (SSSR count). The second kappa shape index (κ2) is 5.31. The molecule has 96 valence electrons. The summed E-state index contributed by atoms with van der Waals surface area (Å²) in [6.45, 7) is 6.38. The lowest BCUT2D eigenvalue weighted by Crippen LogP contribution is -2.22. The number of aromatic nitrogens is 3. The summed E-state index contributed by atoms with van der Waals surface area (Å²) in [6.07, 6.45) is 5.73. The van der Waals surface area contributed by atoms with Crippen molar-refractivity contribution in [3.63, 3.8) is 0 Å². The Kier molecular flexibility index (Phi) is 3.77. The molecule has 0 bridgehead atoms. The highest BCUT2D eigenvalue weighted by Crippen LogP contribution is 2.20. The maximum atomic E-state index is 4.38. The SMILES string of the molecule is Cc1nn(C)cc1C(C)N[C@H](C)c1ccncc1. The lowest BCUT2D eigenvalue weighted by molar-refractivity contribution is 0.493. The predicted molar refractivity (Wildman–Crippen MR) is 72.1 cm³/mol. The molecule has 2 heterocycles. The Bertz CT molecular complexity index is 504. The van der Waals surface area contributed by atoms with Gasteiger partial charge in [-0.1, -0.05) is 0 Å². The molecule has 4 nitrogen and oxygen atoms in total. The lowest BCUT2D eigenvalue weighted by atomic mass is 10.1.